The van der Waals surface area contributed by atoms with Crippen LogP contribution in [0.5, 0.6) is 0 Å². The Morgan fingerprint density at radius 2 is 1.83 bits per heavy atom. The molecule has 29 heavy (non-hydrogen) atoms. The predicted octanol–water partition coefficient (Wildman–Crippen LogP) is 2.88. The first-order valence-corrected chi connectivity index (χ1v) is 10.7. The molecule has 4 atom stereocenters. The standard InChI is InChI=1S/C23H41N3O3/c1-15(2)18(13-17(4)14-27)26(9)22(29)20(23(5,6)7)24-21(28)19-12-16(3)10-11-25(19)8/h13-16,18-20H,10-12H2,1-9H3,(H,24,28)/b17-13+/t16?,18-,19?,20?/m1/s1. The molecule has 0 spiro atoms. The summed E-state index contributed by atoms with van der Waals surface area (Å²) in [5, 5.41) is 3.06. The monoisotopic (exact) mass is 407 g/mol. The van der Waals surface area contributed by atoms with E-state index in [0.717, 1.165) is 25.7 Å². The van der Waals surface area contributed by atoms with Crippen molar-refractivity contribution in [3.63, 3.8) is 0 Å². The van der Waals surface area contributed by atoms with Gasteiger partial charge in [-0.2, -0.15) is 0 Å². The number of allylic oxidation sites excluding steroid dienone is 1. The second-order valence-corrected chi connectivity index (χ2v) is 10.1. The molecule has 1 aliphatic rings. The summed E-state index contributed by atoms with van der Waals surface area (Å²) in [5.41, 5.74) is 0.155. The lowest BCUT2D eigenvalue weighted by atomic mass is 9.84. The quantitative estimate of drug-likeness (QED) is 0.520. The molecule has 0 radical (unpaired) electrons. The molecule has 1 rings (SSSR count). The maximum Gasteiger partial charge on any atom is 0.245 e. The number of aldehydes is 1. The molecule has 0 aromatic rings. The van der Waals surface area contributed by atoms with Crippen molar-refractivity contribution < 1.29 is 14.4 Å². The van der Waals surface area contributed by atoms with E-state index in [1.54, 1.807) is 18.9 Å². The van der Waals surface area contributed by atoms with Crippen LogP contribution in [-0.4, -0.2) is 66.7 Å². The fourth-order valence-corrected chi connectivity index (χ4v) is 3.86. The Bertz CT molecular complexity index is 621. The van der Waals surface area contributed by atoms with Crippen LogP contribution in [0, 0.1) is 17.3 Å². The van der Waals surface area contributed by atoms with Crippen molar-refractivity contribution in [1.29, 1.82) is 0 Å². The van der Waals surface area contributed by atoms with Gasteiger partial charge in [0.25, 0.3) is 0 Å². The first kappa shape index (κ1) is 25.3. The van der Waals surface area contributed by atoms with E-state index in [0.29, 0.717) is 11.5 Å². The Balaban J connectivity index is 3.09. The lowest BCUT2D eigenvalue weighted by molar-refractivity contribution is -0.141. The van der Waals surface area contributed by atoms with E-state index in [4.69, 9.17) is 0 Å². The zero-order valence-corrected chi connectivity index (χ0v) is 19.8. The van der Waals surface area contributed by atoms with Crippen molar-refractivity contribution in [1.82, 2.24) is 15.1 Å². The molecule has 1 N–H and O–H groups in total. The summed E-state index contributed by atoms with van der Waals surface area (Å²) in [6, 6.07) is -1.07. The number of carbonyl (C=O) groups is 3. The average molecular weight is 408 g/mol. The molecule has 0 aliphatic carbocycles. The highest BCUT2D eigenvalue weighted by molar-refractivity contribution is 5.90. The molecule has 1 heterocycles. The lowest BCUT2D eigenvalue weighted by Gasteiger charge is -2.40. The van der Waals surface area contributed by atoms with E-state index in [1.807, 2.05) is 47.7 Å². The van der Waals surface area contributed by atoms with E-state index < -0.39 is 11.5 Å². The Labute approximate surface area is 177 Å². The molecule has 6 nitrogen and oxygen atoms in total. The molecule has 6 heteroatoms. The molecule has 166 valence electrons. The Morgan fingerprint density at radius 1 is 1.24 bits per heavy atom. The van der Waals surface area contributed by atoms with Crippen LogP contribution < -0.4 is 5.32 Å². The summed E-state index contributed by atoms with van der Waals surface area (Å²) >= 11 is 0. The highest BCUT2D eigenvalue weighted by atomic mass is 16.2. The minimum Gasteiger partial charge on any atom is -0.342 e. The van der Waals surface area contributed by atoms with E-state index in [-0.39, 0.29) is 29.8 Å². The molecule has 0 aromatic heterocycles. The van der Waals surface area contributed by atoms with Gasteiger partial charge in [-0.15, -0.1) is 0 Å². The van der Waals surface area contributed by atoms with Crippen LogP contribution in [0.25, 0.3) is 0 Å². The average Bonchev–Trinajstić information content (AvgIpc) is 2.63. The van der Waals surface area contributed by atoms with Gasteiger partial charge in [0.1, 0.15) is 12.3 Å². The second-order valence-electron chi connectivity index (χ2n) is 10.1. The number of hydrogen-bond acceptors (Lipinski definition) is 4. The van der Waals surface area contributed by atoms with Gasteiger partial charge < -0.3 is 10.2 Å². The molecule has 0 saturated carbocycles. The zero-order chi connectivity index (χ0) is 22.5. The van der Waals surface area contributed by atoms with Gasteiger partial charge in [-0.05, 0) is 56.2 Å². The van der Waals surface area contributed by atoms with Gasteiger partial charge in [-0.3, -0.25) is 19.3 Å². The van der Waals surface area contributed by atoms with E-state index in [9.17, 15) is 14.4 Å². The molecule has 3 unspecified atom stereocenters. The number of rotatable bonds is 7. The largest absolute Gasteiger partial charge is 0.342 e. The minimum absolute atomic E-state index is 0.0820. The summed E-state index contributed by atoms with van der Waals surface area (Å²) in [6.07, 6.45) is 4.52. The van der Waals surface area contributed by atoms with Gasteiger partial charge in [0.05, 0.1) is 12.1 Å². The highest BCUT2D eigenvalue weighted by Crippen LogP contribution is 2.26. The normalized spacial score (nSPS) is 23.4. The molecule has 0 bridgehead atoms. The summed E-state index contributed by atoms with van der Waals surface area (Å²) < 4.78 is 0. The number of likely N-dealkylation sites (N-methyl/N-ethyl adjacent to an activating group) is 2. The smallest absolute Gasteiger partial charge is 0.245 e. The number of carbonyl (C=O) groups excluding carboxylic acids is 3. The third-order valence-electron chi connectivity index (χ3n) is 5.93. The molecule has 2 amide bonds. The molecular weight excluding hydrogens is 366 g/mol. The summed E-state index contributed by atoms with van der Waals surface area (Å²) in [5.74, 6) is 0.420. The number of piperidine rings is 1. The molecule has 1 fully saturated rings. The number of nitrogens with zero attached hydrogens (tertiary/aromatic N) is 2. The summed E-state index contributed by atoms with van der Waals surface area (Å²) in [7, 11) is 3.72. The van der Waals surface area contributed by atoms with E-state index >= 15 is 0 Å². The first-order valence-electron chi connectivity index (χ1n) is 10.7. The fourth-order valence-electron chi connectivity index (χ4n) is 3.86. The topological polar surface area (TPSA) is 69.7 Å². The SMILES string of the molecule is C/C(C=O)=C\[C@H](C(C)C)N(C)C(=O)C(NC(=O)C1CC(C)CCN1C)C(C)(C)C. The lowest BCUT2D eigenvalue weighted by Crippen LogP contribution is -2.60. The van der Waals surface area contributed by atoms with Gasteiger partial charge >= 0.3 is 0 Å². The van der Waals surface area contributed by atoms with Crippen LogP contribution in [0.3, 0.4) is 0 Å². The van der Waals surface area contributed by atoms with Crippen LogP contribution in [0.2, 0.25) is 0 Å². The molecule has 1 aliphatic heterocycles. The fraction of sp³-hybridized carbons (Fsp3) is 0.783. The van der Waals surface area contributed by atoms with Crippen molar-refractivity contribution in [2.24, 2.45) is 17.3 Å². The number of amides is 2. The molecule has 1 saturated heterocycles. The Morgan fingerprint density at radius 3 is 2.31 bits per heavy atom. The second kappa shape index (κ2) is 10.4. The van der Waals surface area contributed by atoms with Crippen molar-refractivity contribution in [2.75, 3.05) is 20.6 Å². The minimum atomic E-state index is -0.642. The van der Waals surface area contributed by atoms with Gasteiger partial charge in [0.2, 0.25) is 11.8 Å². The van der Waals surface area contributed by atoms with Crippen LogP contribution in [0.4, 0.5) is 0 Å². The maximum absolute atomic E-state index is 13.4. The van der Waals surface area contributed by atoms with E-state index in [1.165, 1.54) is 0 Å². The van der Waals surface area contributed by atoms with Crippen molar-refractivity contribution in [2.45, 2.75) is 79.4 Å². The third kappa shape index (κ3) is 6.95. The zero-order valence-electron chi connectivity index (χ0n) is 19.8. The number of nitrogens with one attached hydrogen (secondary N) is 1. The summed E-state index contributed by atoms with van der Waals surface area (Å²) in [4.78, 5) is 41.4. The van der Waals surface area contributed by atoms with Gasteiger partial charge in [0, 0.05) is 7.05 Å². The van der Waals surface area contributed by atoms with Crippen LogP contribution in [-0.2, 0) is 14.4 Å². The maximum atomic E-state index is 13.4. The molecule has 0 aromatic carbocycles. The Kier molecular flexibility index (Phi) is 9.07. The highest BCUT2D eigenvalue weighted by Gasteiger charge is 2.39. The third-order valence-corrected chi connectivity index (χ3v) is 5.93. The van der Waals surface area contributed by atoms with Crippen molar-refractivity contribution in [3.8, 4) is 0 Å². The predicted molar refractivity (Wildman–Crippen MR) is 117 cm³/mol. The van der Waals surface area contributed by atoms with Gasteiger partial charge in [-0.25, -0.2) is 0 Å². The summed E-state index contributed by atoms with van der Waals surface area (Å²) in [6.45, 7) is 14.7. The van der Waals surface area contributed by atoms with Crippen molar-refractivity contribution >= 4 is 18.1 Å². The first-order chi connectivity index (χ1) is 13.3. The number of likely N-dealkylation sites (tertiary alicyclic amines) is 1. The van der Waals surface area contributed by atoms with Gasteiger partial charge in [0.15, 0.2) is 0 Å². The van der Waals surface area contributed by atoms with Gasteiger partial charge in [-0.1, -0.05) is 47.6 Å². The van der Waals surface area contributed by atoms with E-state index in [2.05, 4.69) is 17.1 Å². The van der Waals surface area contributed by atoms with Crippen LogP contribution >= 0.6 is 0 Å². The van der Waals surface area contributed by atoms with Crippen LogP contribution in [0.15, 0.2) is 11.6 Å². The van der Waals surface area contributed by atoms with Crippen molar-refractivity contribution in [3.05, 3.63) is 11.6 Å². The molecular formula is C23H41N3O3. The number of hydrogen-bond donors (Lipinski definition) is 1. The van der Waals surface area contributed by atoms with Crippen LogP contribution in [0.1, 0.15) is 61.3 Å². The Hall–Kier alpha value is -1.69.